The topological polar surface area (TPSA) is 46.6 Å². The molecule has 28 heavy (non-hydrogen) atoms. The molecular weight excluding hydrogens is 357 g/mol. The van der Waals surface area contributed by atoms with Crippen LogP contribution in [0.3, 0.4) is 0 Å². The molecule has 2 aromatic carbocycles. The Hall–Kier alpha value is -2.69. The summed E-state index contributed by atoms with van der Waals surface area (Å²) in [5.74, 6) is -0.568. The highest BCUT2D eigenvalue weighted by molar-refractivity contribution is 5.98. The highest BCUT2D eigenvalue weighted by Gasteiger charge is 2.46. The SMILES string of the molecule is Cc1cc(F)cc(C(=O)C2CC3CCC(C2)N3C(=O)OCc2ccccc2)c1. The van der Waals surface area contributed by atoms with Crippen LogP contribution in [0.15, 0.2) is 48.5 Å². The molecule has 0 spiro atoms. The minimum absolute atomic E-state index is 0.0168. The second-order valence-electron chi connectivity index (χ2n) is 7.88. The van der Waals surface area contributed by atoms with Gasteiger partial charge < -0.3 is 9.64 Å². The molecule has 0 aliphatic carbocycles. The summed E-state index contributed by atoms with van der Waals surface area (Å²) in [4.78, 5) is 27.4. The van der Waals surface area contributed by atoms with Crippen LogP contribution in [0.5, 0.6) is 0 Å². The van der Waals surface area contributed by atoms with Crippen molar-refractivity contribution in [2.75, 3.05) is 0 Å². The van der Waals surface area contributed by atoms with Gasteiger partial charge >= 0.3 is 6.09 Å². The van der Waals surface area contributed by atoms with Crippen molar-refractivity contribution in [2.45, 2.75) is 51.3 Å². The van der Waals surface area contributed by atoms with E-state index in [0.717, 1.165) is 24.0 Å². The Kier molecular flexibility index (Phi) is 5.16. The number of fused-ring (bicyclic) bond motifs is 2. The van der Waals surface area contributed by atoms with Crippen LogP contribution < -0.4 is 0 Å². The lowest BCUT2D eigenvalue weighted by Gasteiger charge is -2.37. The maximum atomic E-state index is 13.7. The Bertz CT molecular complexity index is 848. The van der Waals surface area contributed by atoms with Crippen molar-refractivity contribution in [3.63, 3.8) is 0 Å². The molecule has 2 unspecified atom stereocenters. The fraction of sp³-hybridized carbons (Fsp3) is 0.391. The first kappa shape index (κ1) is 18.7. The summed E-state index contributed by atoms with van der Waals surface area (Å²) in [7, 11) is 0. The van der Waals surface area contributed by atoms with Crippen LogP contribution >= 0.6 is 0 Å². The van der Waals surface area contributed by atoms with Gasteiger partial charge in [0.05, 0.1) is 0 Å². The van der Waals surface area contributed by atoms with Gasteiger partial charge in [0.25, 0.3) is 0 Å². The molecule has 1 amide bonds. The summed E-state index contributed by atoms with van der Waals surface area (Å²) < 4.78 is 19.2. The van der Waals surface area contributed by atoms with Crippen LogP contribution in [-0.2, 0) is 11.3 Å². The second kappa shape index (κ2) is 7.74. The minimum Gasteiger partial charge on any atom is -0.445 e. The second-order valence-corrected chi connectivity index (χ2v) is 7.88. The number of hydrogen-bond donors (Lipinski definition) is 0. The molecule has 0 N–H and O–H groups in total. The number of rotatable bonds is 4. The molecule has 2 heterocycles. The monoisotopic (exact) mass is 381 g/mol. The molecule has 0 aromatic heterocycles. The van der Waals surface area contributed by atoms with E-state index >= 15 is 0 Å². The average Bonchev–Trinajstić information content (AvgIpc) is 2.95. The van der Waals surface area contributed by atoms with Gasteiger partial charge in [-0.3, -0.25) is 4.79 Å². The van der Waals surface area contributed by atoms with Crippen molar-refractivity contribution < 1.29 is 18.7 Å². The van der Waals surface area contributed by atoms with Gasteiger partial charge in [-0.25, -0.2) is 9.18 Å². The third-order valence-electron chi connectivity index (χ3n) is 5.85. The van der Waals surface area contributed by atoms with Gasteiger partial charge in [-0.15, -0.1) is 0 Å². The zero-order valence-electron chi connectivity index (χ0n) is 15.9. The van der Waals surface area contributed by atoms with Crippen LogP contribution in [0, 0.1) is 18.7 Å². The maximum Gasteiger partial charge on any atom is 0.410 e. The quantitative estimate of drug-likeness (QED) is 0.708. The molecule has 2 aromatic rings. The van der Waals surface area contributed by atoms with Gasteiger partial charge in [-0.05, 0) is 61.9 Å². The van der Waals surface area contributed by atoms with Crippen molar-refractivity contribution in [3.8, 4) is 0 Å². The first-order valence-corrected chi connectivity index (χ1v) is 9.81. The first-order valence-electron chi connectivity index (χ1n) is 9.81. The molecule has 2 aliphatic rings. The fourth-order valence-electron chi connectivity index (χ4n) is 4.60. The maximum absolute atomic E-state index is 13.7. The Morgan fingerprint density at radius 3 is 2.39 bits per heavy atom. The van der Waals surface area contributed by atoms with E-state index in [1.165, 1.54) is 12.1 Å². The van der Waals surface area contributed by atoms with E-state index in [4.69, 9.17) is 4.74 Å². The number of aryl methyl sites for hydroxylation is 1. The van der Waals surface area contributed by atoms with Gasteiger partial charge in [-0.2, -0.15) is 0 Å². The number of ether oxygens (including phenoxy) is 1. The van der Waals surface area contributed by atoms with Gasteiger partial charge in [0.1, 0.15) is 12.4 Å². The van der Waals surface area contributed by atoms with Crippen LogP contribution in [0.1, 0.15) is 47.2 Å². The van der Waals surface area contributed by atoms with Crippen LogP contribution in [0.2, 0.25) is 0 Å². The Labute approximate surface area is 164 Å². The van der Waals surface area contributed by atoms with Crippen LogP contribution in [0.4, 0.5) is 9.18 Å². The van der Waals surface area contributed by atoms with E-state index in [1.807, 2.05) is 35.2 Å². The van der Waals surface area contributed by atoms with E-state index < -0.39 is 0 Å². The van der Waals surface area contributed by atoms with Crippen molar-refractivity contribution >= 4 is 11.9 Å². The summed E-state index contributed by atoms with van der Waals surface area (Å²) in [5, 5.41) is 0. The number of nitrogens with zero attached hydrogens (tertiary/aromatic N) is 1. The molecule has 2 fully saturated rings. The predicted molar refractivity (Wildman–Crippen MR) is 103 cm³/mol. The molecule has 146 valence electrons. The minimum atomic E-state index is -0.381. The van der Waals surface area contributed by atoms with E-state index in [9.17, 15) is 14.0 Å². The largest absolute Gasteiger partial charge is 0.445 e. The van der Waals surface area contributed by atoms with E-state index in [-0.39, 0.29) is 42.3 Å². The number of amides is 1. The van der Waals surface area contributed by atoms with Crippen molar-refractivity contribution in [1.29, 1.82) is 0 Å². The number of piperidine rings is 1. The standard InChI is InChI=1S/C23H24FNO3/c1-15-9-17(11-19(24)10-15)22(26)18-12-20-7-8-21(13-18)25(20)23(27)28-14-16-5-3-2-4-6-16/h2-6,9-11,18,20-21H,7-8,12-14H2,1H3. The zero-order valence-corrected chi connectivity index (χ0v) is 15.9. The summed E-state index contributed by atoms with van der Waals surface area (Å²) in [6.07, 6.45) is 2.70. The van der Waals surface area contributed by atoms with Crippen molar-refractivity contribution in [1.82, 2.24) is 4.90 Å². The van der Waals surface area contributed by atoms with Crippen LogP contribution in [-0.4, -0.2) is 28.9 Å². The molecule has 2 bridgehead atoms. The molecule has 0 radical (unpaired) electrons. The summed E-state index contributed by atoms with van der Waals surface area (Å²) in [6, 6.07) is 14.1. The molecule has 4 nitrogen and oxygen atoms in total. The Morgan fingerprint density at radius 2 is 1.75 bits per heavy atom. The zero-order chi connectivity index (χ0) is 19.7. The third-order valence-corrected chi connectivity index (χ3v) is 5.85. The average molecular weight is 381 g/mol. The van der Waals surface area contributed by atoms with Gasteiger partial charge in [0, 0.05) is 23.6 Å². The molecule has 2 saturated heterocycles. The van der Waals surface area contributed by atoms with E-state index in [0.29, 0.717) is 18.4 Å². The van der Waals surface area contributed by atoms with Gasteiger partial charge in [0.2, 0.25) is 0 Å². The van der Waals surface area contributed by atoms with E-state index in [1.54, 1.807) is 13.0 Å². The summed E-state index contributed by atoms with van der Waals surface area (Å²) >= 11 is 0. The lowest BCUT2D eigenvalue weighted by atomic mass is 9.84. The normalized spacial score (nSPS) is 23.5. The molecule has 2 aliphatic heterocycles. The Morgan fingerprint density at radius 1 is 1.07 bits per heavy atom. The number of benzene rings is 2. The summed E-state index contributed by atoms with van der Waals surface area (Å²) in [5.41, 5.74) is 2.13. The molecule has 4 rings (SSSR count). The number of ketones is 1. The molecule has 5 heteroatoms. The number of Topliss-reactive ketones (excluding diaryl/α,β-unsaturated/α-hetero) is 1. The molecule has 2 atom stereocenters. The lowest BCUT2D eigenvalue weighted by Crippen LogP contribution is -2.48. The van der Waals surface area contributed by atoms with Crippen molar-refractivity contribution in [2.24, 2.45) is 5.92 Å². The highest BCUT2D eigenvalue weighted by atomic mass is 19.1. The summed E-state index contributed by atoms with van der Waals surface area (Å²) in [6.45, 7) is 2.04. The highest BCUT2D eigenvalue weighted by Crippen LogP contribution is 2.40. The van der Waals surface area contributed by atoms with Gasteiger partial charge in [-0.1, -0.05) is 30.3 Å². The lowest BCUT2D eigenvalue weighted by molar-refractivity contribution is 0.0485. The third kappa shape index (κ3) is 3.79. The number of carbonyl (C=O) groups is 2. The van der Waals surface area contributed by atoms with Crippen LogP contribution in [0.25, 0.3) is 0 Å². The smallest absolute Gasteiger partial charge is 0.410 e. The fourth-order valence-corrected chi connectivity index (χ4v) is 4.60. The number of halogens is 1. The predicted octanol–water partition coefficient (Wildman–Crippen LogP) is 4.90. The van der Waals surface area contributed by atoms with Gasteiger partial charge in [0.15, 0.2) is 5.78 Å². The molecular formula is C23H24FNO3. The number of carbonyl (C=O) groups excluding carboxylic acids is 2. The Balaban J connectivity index is 1.41. The number of hydrogen-bond acceptors (Lipinski definition) is 3. The van der Waals surface area contributed by atoms with Crippen molar-refractivity contribution in [3.05, 3.63) is 71.0 Å². The molecule has 0 saturated carbocycles. The van der Waals surface area contributed by atoms with E-state index in [2.05, 4.69) is 0 Å². The first-order chi connectivity index (χ1) is 13.5.